The van der Waals surface area contributed by atoms with Crippen molar-refractivity contribution < 1.29 is 4.79 Å². The van der Waals surface area contributed by atoms with Crippen LogP contribution in [0.2, 0.25) is 0 Å². The number of aromatic nitrogens is 3. The van der Waals surface area contributed by atoms with Crippen LogP contribution in [0.4, 0.5) is 11.6 Å². The highest BCUT2D eigenvalue weighted by Crippen LogP contribution is 2.08. The zero-order chi connectivity index (χ0) is 13.0. The highest BCUT2D eigenvalue weighted by atomic mass is 16.1. The summed E-state index contributed by atoms with van der Waals surface area (Å²) in [6.45, 7) is 1.81. The topological polar surface area (TPSA) is 79.8 Å². The summed E-state index contributed by atoms with van der Waals surface area (Å²) < 4.78 is 0. The second kappa shape index (κ2) is 5.22. The number of aryl methyl sites for hydroxylation is 1. The summed E-state index contributed by atoms with van der Waals surface area (Å²) in [6, 6.07) is 5.06. The largest absolute Gasteiger partial charge is 0.357 e. The molecule has 0 saturated heterocycles. The summed E-state index contributed by atoms with van der Waals surface area (Å²) >= 11 is 0. The smallest absolute Gasteiger partial charge is 0.274 e. The van der Waals surface area contributed by atoms with E-state index >= 15 is 0 Å². The minimum atomic E-state index is -0.275. The molecule has 0 unspecified atom stereocenters. The lowest BCUT2D eigenvalue weighted by atomic mass is 10.3. The second-order valence-electron chi connectivity index (χ2n) is 3.66. The first-order valence-corrected chi connectivity index (χ1v) is 5.44. The Morgan fingerprint density at radius 2 is 1.94 bits per heavy atom. The van der Waals surface area contributed by atoms with Gasteiger partial charge in [0.2, 0.25) is 5.95 Å². The summed E-state index contributed by atoms with van der Waals surface area (Å²) in [4.78, 5) is 24.1. The minimum absolute atomic E-state index is 0.275. The molecule has 0 fully saturated rings. The zero-order valence-corrected chi connectivity index (χ0v) is 10.1. The summed E-state index contributed by atoms with van der Waals surface area (Å²) in [5, 5.41) is 5.55. The molecular formula is C12H13N5O. The average Bonchev–Trinajstić information content (AvgIpc) is 2.39. The molecule has 0 radical (unpaired) electrons. The van der Waals surface area contributed by atoms with Crippen molar-refractivity contribution in [2.45, 2.75) is 6.92 Å². The molecule has 0 bridgehead atoms. The normalized spacial score (nSPS) is 9.89. The maximum Gasteiger partial charge on any atom is 0.274 e. The Balaban J connectivity index is 2.21. The number of nitrogens with one attached hydrogen (secondary N) is 2. The first-order valence-electron chi connectivity index (χ1n) is 5.44. The SMILES string of the molecule is CNc1nc(C)cc(C(=O)Nc2ccncc2)n1. The number of nitrogens with zero attached hydrogens (tertiary/aromatic N) is 3. The van der Waals surface area contributed by atoms with Crippen LogP contribution in [0, 0.1) is 6.92 Å². The van der Waals surface area contributed by atoms with Crippen molar-refractivity contribution in [3.8, 4) is 0 Å². The molecule has 1 amide bonds. The van der Waals surface area contributed by atoms with Gasteiger partial charge >= 0.3 is 0 Å². The van der Waals surface area contributed by atoms with Crippen LogP contribution < -0.4 is 10.6 Å². The fourth-order valence-corrected chi connectivity index (χ4v) is 1.43. The predicted molar refractivity (Wildman–Crippen MR) is 68.5 cm³/mol. The molecule has 0 saturated carbocycles. The van der Waals surface area contributed by atoms with Crippen molar-refractivity contribution in [2.24, 2.45) is 0 Å². The van der Waals surface area contributed by atoms with Gasteiger partial charge in [-0.15, -0.1) is 0 Å². The van der Waals surface area contributed by atoms with Gasteiger partial charge in [-0.25, -0.2) is 9.97 Å². The summed E-state index contributed by atoms with van der Waals surface area (Å²) in [7, 11) is 1.71. The van der Waals surface area contributed by atoms with Gasteiger partial charge in [0.1, 0.15) is 5.69 Å². The molecule has 0 spiro atoms. The Morgan fingerprint density at radius 1 is 1.22 bits per heavy atom. The molecule has 18 heavy (non-hydrogen) atoms. The van der Waals surface area contributed by atoms with Gasteiger partial charge in [-0.2, -0.15) is 0 Å². The van der Waals surface area contributed by atoms with Crippen LogP contribution in [-0.2, 0) is 0 Å². The van der Waals surface area contributed by atoms with Crippen LogP contribution in [0.5, 0.6) is 0 Å². The summed E-state index contributed by atoms with van der Waals surface area (Å²) in [6.07, 6.45) is 3.22. The monoisotopic (exact) mass is 243 g/mol. The third-order valence-electron chi connectivity index (χ3n) is 2.25. The molecule has 0 atom stereocenters. The molecule has 2 N–H and O–H groups in total. The molecule has 0 aromatic carbocycles. The van der Waals surface area contributed by atoms with Gasteiger partial charge in [-0.05, 0) is 25.1 Å². The molecule has 2 aromatic heterocycles. The molecule has 0 aliphatic rings. The van der Waals surface area contributed by atoms with Gasteiger partial charge in [0.05, 0.1) is 0 Å². The molecule has 6 heteroatoms. The van der Waals surface area contributed by atoms with Crippen molar-refractivity contribution in [1.82, 2.24) is 15.0 Å². The van der Waals surface area contributed by atoms with Crippen molar-refractivity contribution in [2.75, 3.05) is 17.7 Å². The quantitative estimate of drug-likeness (QED) is 0.853. The Bertz CT molecular complexity index is 556. The zero-order valence-electron chi connectivity index (χ0n) is 10.1. The molecule has 2 heterocycles. The lowest BCUT2D eigenvalue weighted by Crippen LogP contribution is -2.15. The van der Waals surface area contributed by atoms with E-state index in [9.17, 15) is 4.79 Å². The second-order valence-corrected chi connectivity index (χ2v) is 3.66. The van der Waals surface area contributed by atoms with Crippen molar-refractivity contribution in [3.05, 3.63) is 42.0 Å². The number of anilines is 2. The van der Waals surface area contributed by atoms with E-state index in [1.165, 1.54) is 0 Å². The molecule has 92 valence electrons. The van der Waals surface area contributed by atoms with Gasteiger partial charge in [-0.3, -0.25) is 9.78 Å². The number of rotatable bonds is 3. The van der Waals surface area contributed by atoms with E-state index in [4.69, 9.17) is 0 Å². The number of hydrogen-bond donors (Lipinski definition) is 2. The van der Waals surface area contributed by atoms with E-state index in [2.05, 4.69) is 25.6 Å². The first kappa shape index (κ1) is 12.0. The predicted octanol–water partition coefficient (Wildman–Crippen LogP) is 1.47. The van der Waals surface area contributed by atoms with E-state index in [-0.39, 0.29) is 5.91 Å². The molecule has 0 aliphatic heterocycles. The van der Waals surface area contributed by atoms with E-state index in [1.807, 2.05) is 6.92 Å². The van der Waals surface area contributed by atoms with Gasteiger partial charge in [0.15, 0.2) is 0 Å². The van der Waals surface area contributed by atoms with Crippen LogP contribution in [-0.4, -0.2) is 27.9 Å². The van der Waals surface area contributed by atoms with Crippen molar-refractivity contribution in [1.29, 1.82) is 0 Å². The van der Waals surface area contributed by atoms with Crippen LogP contribution >= 0.6 is 0 Å². The Labute approximate surface area is 105 Å². The van der Waals surface area contributed by atoms with Crippen LogP contribution in [0.3, 0.4) is 0 Å². The third kappa shape index (κ3) is 2.79. The standard InChI is InChI=1S/C12H13N5O/c1-8-7-10(17-12(13-2)15-8)11(18)16-9-3-5-14-6-4-9/h3-7H,1-2H3,(H,13,15,17)(H,14,16,18). The Hall–Kier alpha value is -2.50. The van der Waals surface area contributed by atoms with Gasteiger partial charge in [0, 0.05) is 30.8 Å². The highest BCUT2D eigenvalue weighted by molar-refractivity contribution is 6.03. The molecule has 2 aromatic rings. The molecule has 6 nitrogen and oxygen atoms in total. The van der Waals surface area contributed by atoms with Gasteiger partial charge < -0.3 is 10.6 Å². The van der Waals surface area contributed by atoms with Crippen LogP contribution in [0.1, 0.15) is 16.2 Å². The van der Waals surface area contributed by atoms with E-state index < -0.39 is 0 Å². The molecule has 0 aliphatic carbocycles. The maximum atomic E-state index is 12.0. The lowest BCUT2D eigenvalue weighted by Gasteiger charge is -2.06. The van der Waals surface area contributed by atoms with Crippen molar-refractivity contribution in [3.63, 3.8) is 0 Å². The number of amides is 1. The minimum Gasteiger partial charge on any atom is -0.357 e. The van der Waals surface area contributed by atoms with E-state index in [0.29, 0.717) is 17.3 Å². The van der Waals surface area contributed by atoms with E-state index in [0.717, 1.165) is 5.69 Å². The maximum absolute atomic E-state index is 12.0. The number of pyridine rings is 1. The lowest BCUT2D eigenvalue weighted by molar-refractivity contribution is 0.102. The van der Waals surface area contributed by atoms with Gasteiger partial charge in [0.25, 0.3) is 5.91 Å². The highest BCUT2D eigenvalue weighted by Gasteiger charge is 2.10. The fraction of sp³-hybridized carbons (Fsp3) is 0.167. The summed E-state index contributed by atoms with van der Waals surface area (Å²) in [5.41, 5.74) is 1.73. The number of carbonyl (C=O) groups excluding carboxylic acids is 1. The summed E-state index contributed by atoms with van der Waals surface area (Å²) in [5.74, 6) is 0.151. The number of hydrogen-bond acceptors (Lipinski definition) is 5. The number of carbonyl (C=O) groups is 1. The molecule has 2 rings (SSSR count). The van der Waals surface area contributed by atoms with Crippen molar-refractivity contribution >= 4 is 17.5 Å². The third-order valence-corrected chi connectivity index (χ3v) is 2.25. The fourth-order valence-electron chi connectivity index (χ4n) is 1.43. The molecular weight excluding hydrogens is 230 g/mol. The van der Waals surface area contributed by atoms with E-state index in [1.54, 1.807) is 37.6 Å². The van der Waals surface area contributed by atoms with Crippen LogP contribution in [0.25, 0.3) is 0 Å². The first-order chi connectivity index (χ1) is 8.69. The average molecular weight is 243 g/mol. The Morgan fingerprint density at radius 3 is 2.61 bits per heavy atom. The van der Waals surface area contributed by atoms with Gasteiger partial charge in [-0.1, -0.05) is 0 Å². The Kier molecular flexibility index (Phi) is 3.47. The van der Waals surface area contributed by atoms with Crippen LogP contribution in [0.15, 0.2) is 30.6 Å².